The zero-order chi connectivity index (χ0) is 15.1. The van der Waals surface area contributed by atoms with Crippen LogP contribution in [-0.4, -0.2) is 45.8 Å². The van der Waals surface area contributed by atoms with Crippen molar-refractivity contribution in [2.75, 3.05) is 19.6 Å². The van der Waals surface area contributed by atoms with E-state index in [0.717, 1.165) is 0 Å². The van der Waals surface area contributed by atoms with Gasteiger partial charge in [-0.1, -0.05) is 6.07 Å². The molecule has 1 aromatic rings. The average Bonchev–Trinajstić information content (AvgIpc) is 2.44. The normalized spacial score (nSPS) is 10.5. The van der Waals surface area contributed by atoms with Crippen LogP contribution in [0.15, 0.2) is 12.1 Å². The molecule has 0 atom stereocenters. The number of phenolic OH excluding ortho intramolecular Hbond substituents is 3. The summed E-state index contributed by atoms with van der Waals surface area (Å²) in [6, 6.07) is 2.83. The summed E-state index contributed by atoms with van der Waals surface area (Å²) in [5.74, 6) is -1.14. The molecule has 0 saturated heterocycles. The Morgan fingerprint density at radius 1 is 1.15 bits per heavy atom. The molecule has 0 radical (unpaired) electrons. The van der Waals surface area contributed by atoms with Gasteiger partial charge >= 0.3 is 0 Å². The summed E-state index contributed by atoms with van der Waals surface area (Å²) < 4.78 is 0. The number of nitrogens with zero attached hydrogens (tertiary/aromatic N) is 1. The van der Waals surface area contributed by atoms with E-state index in [-0.39, 0.29) is 17.4 Å². The molecule has 6 heteroatoms. The van der Waals surface area contributed by atoms with E-state index in [9.17, 15) is 20.1 Å². The van der Waals surface area contributed by atoms with E-state index in [2.05, 4.69) is 5.32 Å². The van der Waals surface area contributed by atoms with Crippen molar-refractivity contribution in [1.82, 2.24) is 10.2 Å². The van der Waals surface area contributed by atoms with Crippen LogP contribution in [0.2, 0.25) is 0 Å². The molecule has 1 aromatic carbocycles. The predicted octanol–water partition coefficient (Wildman–Crippen LogP) is 1.15. The first kappa shape index (κ1) is 16.1. The lowest BCUT2D eigenvalue weighted by Gasteiger charge is -2.18. The van der Waals surface area contributed by atoms with Crippen molar-refractivity contribution < 1.29 is 20.1 Å². The third-order valence-electron chi connectivity index (χ3n) is 3.16. The van der Waals surface area contributed by atoms with Crippen LogP contribution < -0.4 is 5.32 Å². The number of carbonyl (C=O) groups excluding carboxylic acids is 1. The van der Waals surface area contributed by atoms with Crippen molar-refractivity contribution >= 4 is 5.91 Å². The first-order chi connectivity index (χ1) is 9.51. The number of nitrogens with one attached hydrogen (secondary N) is 1. The molecule has 0 aliphatic rings. The highest BCUT2D eigenvalue weighted by Crippen LogP contribution is 2.36. The molecular formula is C14H22N2O4. The Kier molecular flexibility index (Phi) is 6.11. The van der Waals surface area contributed by atoms with E-state index in [1.807, 2.05) is 13.8 Å². The van der Waals surface area contributed by atoms with Gasteiger partial charge in [-0.25, -0.2) is 0 Å². The van der Waals surface area contributed by atoms with Gasteiger partial charge < -0.3 is 25.5 Å². The van der Waals surface area contributed by atoms with Crippen molar-refractivity contribution in [3.63, 3.8) is 0 Å². The number of rotatable bonds is 7. The second-order valence-electron chi connectivity index (χ2n) is 4.43. The van der Waals surface area contributed by atoms with Gasteiger partial charge in [0.15, 0.2) is 11.5 Å². The van der Waals surface area contributed by atoms with Crippen LogP contribution in [0.4, 0.5) is 0 Å². The Labute approximate surface area is 118 Å². The van der Waals surface area contributed by atoms with Gasteiger partial charge in [0.2, 0.25) is 11.7 Å². The summed E-state index contributed by atoms with van der Waals surface area (Å²) in [7, 11) is 0. The fourth-order valence-corrected chi connectivity index (χ4v) is 1.91. The average molecular weight is 282 g/mol. The summed E-state index contributed by atoms with van der Waals surface area (Å²) in [6.07, 6.45) is 0.381. The highest BCUT2D eigenvalue weighted by Gasteiger charge is 2.11. The molecule has 0 unspecified atom stereocenters. The first-order valence-electron chi connectivity index (χ1n) is 6.72. The van der Waals surface area contributed by atoms with Gasteiger partial charge in [-0.3, -0.25) is 4.79 Å². The van der Waals surface area contributed by atoms with Crippen LogP contribution in [0, 0.1) is 0 Å². The van der Waals surface area contributed by atoms with Crippen molar-refractivity contribution in [3.8, 4) is 17.2 Å². The molecule has 20 heavy (non-hydrogen) atoms. The maximum Gasteiger partial charge on any atom is 0.223 e. The lowest BCUT2D eigenvalue weighted by Crippen LogP contribution is -2.32. The van der Waals surface area contributed by atoms with Crippen molar-refractivity contribution in [3.05, 3.63) is 17.7 Å². The minimum Gasteiger partial charge on any atom is -0.504 e. The molecule has 112 valence electrons. The van der Waals surface area contributed by atoms with Crippen LogP contribution in [0.1, 0.15) is 25.8 Å². The predicted molar refractivity (Wildman–Crippen MR) is 75.7 cm³/mol. The number of hydrogen-bond acceptors (Lipinski definition) is 5. The van der Waals surface area contributed by atoms with Gasteiger partial charge in [-0.2, -0.15) is 0 Å². The molecule has 1 amide bonds. The molecule has 0 aromatic heterocycles. The van der Waals surface area contributed by atoms with Crippen LogP contribution >= 0.6 is 0 Å². The lowest BCUT2D eigenvalue weighted by atomic mass is 10.1. The number of carbonyl (C=O) groups is 1. The molecule has 1 rings (SSSR count). The molecule has 6 nitrogen and oxygen atoms in total. The third-order valence-corrected chi connectivity index (χ3v) is 3.16. The standard InChI is InChI=1S/C14H22N2O4/c1-3-16(4-2)12(18)7-8-15-9-10-5-6-11(17)14(20)13(10)19/h5-6,15,17,19-20H,3-4,7-9H2,1-2H3. The topological polar surface area (TPSA) is 93.0 Å². The number of benzene rings is 1. The van der Waals surface area contributed by atoms with Gasteiger partial charge in [-0.15, -0.1) is 0 Å². The minimum atomic E-state index is -0.525. The van der Waals surface area contributed by atoms with Crippen molar-refractivity contribution in [2.24, 2.45) is 0 Å². The molecule has 0 spiro atoms. The molecule has 0 fully saturated rings. The van der Waals surface area contributed by atoms with E-state index in [1.165, 1.54) is 12.1 Å². The van der Waals surface area contributed by atoms with Gasteiger partial charge in [0, 0.05) is 38.2 Å². The summed E-state index contributed by atoms with van der Waals surface area (Å²) >= 11 is 0. The number of hydrogen-bond donors (Lipinski definition) is 4. The smallest absolute Gasteiger partial charge is 0.223 e. The molecular weight excluding hydrogens is 260 g/mol. The summed E-state index contributed by atoms with van der Waals surface area (Å²) in [6.45, 7) is 6.06. The van der Waals surface area contributed by atoms with E-state index in [1.54, 1.807) is 4.90 Å². The SMILES string of the molecule is CCN(CC)C(=O)CCNCc1ccc(O)c(O)c1O. The van der Waals surface area contributed by atoms with Gasteiger partial charge in [0.05, 0.1) is 0 Å². The van der Waals surface area contributed by atoms with Crippen LogP contribution in [0.5, 0.6) is 17.2 Å². The Morgan fingerprint density at radius 2 is 1.80 bits per heavy atom. The fraction of sp³-hybridized carbons (Fsp3) is 0.500. The number of phenols is 3. The zero-order valence-electron chi connectivity index (χ0n) is 11.9. The van der Waals surface area contributed by atoms with Gasteiger partial charge in [0.1, 0.15) is 0 Å². The Hall–Kier alpha value is -1.95. The maximum atomic E-state index is 11.7. The summed E-state index contributed by atoms with van der Waals surface area (Å²) in [5.41, 5.74) is 0.468. The van der Waals surface area contributed by atoms with Crippen LogP contribution in [0.3, 0.4) is 0 Å². The molecule has 4 N–H and O–H groups in total. The number of amides is 1. The monoisotopic (exact) mass is 282 g/mol. The fourth-order valence-electron chi connectivity index (χ4n) is 1.91. The molecule has 0 bridgehead atoms. The number of aromatic hydroxyl groups is 3. The van der Waals surface area contributed by atoms with Crippen LogP contribution in [-0.2, 0) is 11.3 Å². The quantitative estimate of drug-likeness (QED) is 0.445. The maximum absolute atomic E-state index is 11.7. The first-order valence-corrected chi connectivity index (χ1v) is 6.72. The summed E-state index contributed by atoms with van der Waals surface area (Å²) in [5, 5.41) is 31.2. The van der Waals surface area contributed by atoms with Crippen LogP contribution in [0.25, 0.3) is 0 Å². The lowest BCUT2D eigenvalue weighted by molar-refractivity contribution is -0.130. The highest BCUT2D eigenvalue weighted by molar-refractivity contribution is 5.76. The largest absolute Gasteiger partial charge is 0.504 e. The summed E-state index contributed by atoms with van der Waals surface area (Å²) in [4.78, 5) is 13.5. The highest BCUT2D eigenvalue weighted by atomic mass is 16.3. The second kappa shape index (κ2) is 7.59. The Morgan fingerprint density at radius 3 is 2.40 bits per heavy atom. The van der Waals surface area contributed by atoms with E-state index >= 15 is 0 Å². The van der Waals surface area contributed by atoms with E-state index in [4.69, 9.17) is 0 Å². The minimum absolute atomic E-state index is 0.0836. The second-order valence-corrected chi connectivity index (χ2v) is 4.43. The Balaban J connectivity index is 2.42. The van der Waals surface area contributed by atoms with E-state index < -0.39 is 5.75 Å². The molecule has 0 heterocycles. The molecule has 0 aliphatic heterocycles. The molecule has 0 saturated carbocycles. The zero-order valence-corrected chi connectivity index (χ0v) is 11.9. The van der Waals surface area contributed by atoms with Gasteiger partial charge in [0.25, 0.3) is 0 Å². The van der Waals surface area contributed by atoms with Gasteiger partial charge in [-0.05, 0) is 19.9 Å². The van der Waals surface area contributed by atoms with Crippen molar-refractivity contribution in [2.45, 2.75) is 26.8 Å². The van der Waals surface area contributed by atoms with Crippen molar-refractivity contribution in [1.29, 1.82) is 0 Å². The Bertz CT molecular complexity index is 459. The third kappa shape index (κ3) is 4.03. The molecule has 0 aliphatic carbocycles. The van der Waals surface area contributed by atoms with E-state index in [0.29, 0.717) is 38.2 Å².